The van der Waals surface area contributed by atoms with E-state index in [-0.39, 0.29) is 10.8 Å². The highest BCUT2D eigenvalue weighted by Gasteiger charge is 2.30. The molecule has 0 aliphatic heterocycles. The number of hydrogen-bond acceptors (Lipinski definition) is 0. The number of allylic oxidation sites excluding steroid dienone is 5. The Labute approximate surface area is 129 Å². The summed E-state index contributed by atoms with van der Waals surface area (Å²) in [5.74, 6) is 0.398. The fourth-order valence-corrected chi connectivity index (χ4v) is 2.26. The van der Waals surface area contributed by atoms with Crippen LogP contribution in [0, 0.1) is 16.7 Å². The molecule has 0 fully saturated rings. The molecular formula is C17H28Cl2. The van der Waals surface area contributed by atoms with Crippen LogP contribution in [0.4, 0.5) is 0 Å². The predicted octanol–water partition coefficient (Wildman–Crippen LogP) is 6.91. The average molecular weight is 303 g/mol. The molecule has 1 unspecified atom stereocenters. The highest BCUT2D eigenvalue weighted by atomic mass is 35.5. The molecule has 0 spiro atoms. The Balaban J connectivity index is 5.58. The third-order valence-electron chi connectivity index (χ3n) is 3.12. The minimum Gasteiger partial charge on any atom is -0.0988 e. The summed E-state index contributed by atoms with van der Waals surface area (Å²) in [7, 11) is 0. The Morgan fingerprint density at radius 1 is 1.11 bits per heavy atom. The summed E-state index contributed by atoms with van der Waals surface area (Å²) >= 11 is 12.1. The molecule has 0 aliphatic carbocycles. The fourth-order valence-electron chi connectivity index (χ4n) is 2.08. The molecule has 0 N–H and O–H groups in total. The van der Waals surface area contributed by atoms with Gasteiger partial charge in [0.05, 0.1) is 5.03 Å². The van der Waals surface area contributed by atoms with E-state index in [9.17, 15) is 0 Å². The highest BCUT2D eigenvalue weighted by molar-refractivity contribution is 6.40. The van der Waals surface area contributed by atoms with E-state index in [4.69, 9.17) is 23.2 Å². The van der Waals surface area contributed by atoms with Crippen LogP contribution in [0.15, 0.2) is 34.4 Å². The van der Waals surface area contributed by atoms with E-state index in [0.717, 1.165) is 12.0 Å². The van der Waals surface area contributed by atoms with Gasteiger partial charge in [-0.25, -0.2) is 0 Å². The van der Waals surface area contributed by atoms with Gasteiger partial charge in [-0.2, -0.15) is 0 Å². The molecule has 19 heavy (non-hydrogen) atoms. The summed E-state index contributed by atoms with van der Waals surface area (Å²) in [4.78, 5) is 0. The van der Waals surface area contributed by atoms with Crippen molar-refractivity contribution < 1.29 is 0 Å². The van der Waals surface area contributed by atoms with E-state index >= 15 is 0 Å². The van der Waals surface area contributed by atoms with Crippen LogP contribution in [0.1, 0.15) is 54.9 Å². The van der Waals surface area contributed by atoms with Crippen molar-refractivity contribution in [3.05, 3.63) is 34.4 Å². The Hall–Kier alpha value is -0.200. The largest absolute Gasteiger partial charge is 0.0988 e. The summed E-state index contributed by atoms with van der Waals surface area (Å²) in [6.07, 6.45) is 4.95. The van der Waals surface area contributed by atoms with Crippen molar-refractivity contribution >= 4 is 23.2 Å². The van der Waals surface area contributed by atoms with Crippen LogP contribution in [-0.4, -0.2) is 0 Å². The highest BCUT2D eigenvalue weighted by Crippen LogP contribution is 2.41. The summed E-state index contributed by atoms with van der Waals surface area (Å²) < 4.78 is 0. The topological polar surface area (TPSA) is 0 Å². The zero-order chi connectivity index (χ0) is 15.4. The molecule has 0 rings (SSSR count). The molecule has 0 aromatic heterocycles. The second-order valence-electron chi connectivity index (χ2n) is 7.41. The second kappa shape index (κ2) is 6.99. The maximum atomic E-state index is 6.18. The van der Waals surface area contributed by atoms with Gasteiger partial charge in [-0.15, -0.1) is 0 Å². The van der Waals surface area contributed by atoms with Gasteiger partial charge in [0.2, 0.25) is 0 Å². The lowest BCUT2D eigenvalue weighted by Crippen LogP contribution is -2.26. The van der Waals surface area contributed by atoms with Crippen molar-refractivity contribution in [1.29, 1.82) is 0 Å². The first-order chi connectivity index (χ1) is 8.38. The smallest absolute Gasteiger partial charge is 0.0551 e. The van der Waals surface area contributed by atoms with E-state index < -0.39 is 0 Å². The van der Waals surface area contributed by atoms with Gasteiger partial charge in [-0.05, 0) is 41.7 Å². The van der Waals surface area contributed by atoms with Gasteiger partial charge < -0.3 is 0 Å². The summed E-state index contributed by atoms with van der Waals surface area (Å²) in [5, 5.41) is 1.21. The summed E-state index contributed by atoms with van der Waals surface area (Å²) in [5.41, 5.74) is 1.57. The minimum absolute atomic E-state index is 0.157. The van der Waals surface area contributed by atoms with Gasteiger partial charge in [0, 0.05) is 5.03 Å². The summed E-state index contributed by atoms with van der Waals surface area (Å²) in [6, 6.07) is 0. The lowest BCUT2D eigenvalue weighted by atomic mass is 9.68. The van der Waals surface area contributed by atoms with Crippen molar-refractivity contribution in [2.24, 2.45) is 16.7 Å². The van der Waals surface area contributed by atoms with Crippen molar-refractivity contribution in [2.45, 2.75) is 54.9 Å². The molecule has 0 nitrogen and oxygen atoms in total. The van der Waals surface area contributed by atoms with Gasteiger partial charge in [0.1, 0.15) is 0 Å². The molecule has 0 aromatic rings. The van der Waals surface area contributed by atoms with Crippen LogP contribution < -0.4 is 0 Å². The zero-order valence-corrected chi connectivity index (χ0v) is 14.9. The molecule has 2 heteroatoms. The maximum absolute atomic E-state index is 6.18. The molecule has 0 bridgehead atoms. The minimum atomic E-state index is 0.157. The van der Waals surface area contributed by atoms with Crippen molar-refractivity contribution in [1.82, 2.24) is 0 Å². The van der Waals surface area contributed by atoms with E-state index in [1.807, 2.05) is 12.2 Å². The molecule has 1 atom stereocenters. The van der Waals surface area contributed by atoms with Crippen LogP contribution >= 0.6 is 23.2 Å². The number of rotatable bonds is 4. The first-order valence-corrected chi connectivity index (χ1v) is 7.50. The van der Waals surface area contributed by atoms with Crippen LogP contribution in [0.3, 0.4) is 0 Å². The van der Waals surface area contributed by atoms with E-state index in [1.165, 1.54) is 0 Å². The molecule has 0 saturated heterocycles. The predicted molar refractivity (Wildman–Crippen MR) is 89.7 cm³/mol. The molecular weight excluding hydrogens is 275 g/mol. The van der Waals surface area contributed by atoms with E-state index in [2.05, 4.69) is 48.1 Å². The van der Waals surface area contributed by atoms with Gasteiger partial charge in [0.15, 0.2) is 0 Å². The third-order valence-corrected chi connectivity index (χ3v) is 3.82. The van der Waals surface area contributed by atoms with Crippen LogP contribution in [0.5, 0.6) is 0 Å². The Kier molecular flexibility index (Phi) is 6.92. The molecule has 110 valence electrons. The zero-order valence-electron chi connectivity index (χ0n) is 13.4. The fraction of sp³-hybridized carbons (Fsp3) is 0.647. The van der Waals surface area contributed by atoms with Crippen LogP contribution in [0.25, 0.3) is 0 Å². The maximum Gasteiger partial charge on any atom is 0.0551 e. The second-order valence-corrected chi connectivity index (χ2v) is 8.39. The number of hydrogen-bond donors (Lipinski definition) is 0. The Morgan fingerprint density at radius 2 is 1.58 bits per heavy atom. The van der Waals surface area contributed by atoms with Gasteiger partial charge >= 0.3 is 0 Å². The molecule has 0 aromatic carbocycles. The van der Waals surface area contributed by atoms with E-state index in [1.54, 1.807) is 6.92 Å². The van der Waals surface area contributed by atoms with E-state index in [0.29, 0.717) is 16.0 Å². The normalized spacial score (nSPS) is 17.0. The quantitative estimate of drug-likeness (QED) is 0.495. The van der Waals surface area contributed by atoms with Gasteiger partial charge in [-0.3, -0.25) is 0 Å². The first-order valence-electron chi connectivity index (χ1n) is 6.74. The molecule has 0 amide bonds. The molecule has 0 aliphatic rings. The molecule has 0 saturated carbocycles. The van der Waals surface area contributed by atoms with Crippen LogP contribution in [0.2, 0.25) is 0 Å². The first kappa shape index (κ1) is 18.8. The number of halogens is 2. The SMILES string of the molecule is C=C/C(=C\C(Cl)=C(/C)Cl)C(CC(C)(C)C)C(C)(C)C. The monoisotopic (exact) mass is 302 g/mol. The lowest BCUT2D eigenvalue weighted by molar-refractivity contribution is 0.199. The van der Waals surface area contributed by atoms with Crippen molar-refractivity contribution in [2.75, 3.05) is 0 Å². The van der Waals surface area contributed by atoms with Crippen LogP contribution in [-0.2, 0) is 0 Å². The molecule has 0 radical (unpaired) electrons. The average Bonchev–Trinajstić information content (AvgIpc) is 2.19. The van der Waals surface area contributed by atoms with Gasteiger partial charge in [-0.1, -0.05) is 77.4 Å². The standard InChI is InChI=1S/C17H28Cl2/c1-9-13(10-15(19)12(2)18)14(17(6,7)8)11-16(3,4)5/h9-10,14H,1,11H2,2-8H3/b13-10+,15-12-. The third kappa shape index (κ3) is 7.22. The summed E-state index contributed by atoms with van der Waals surface area (Å²) in [6.45, 7) is 19.3. The van der Waals surface area contributed by atoms with Crippen molar-refractivity contribution in [3.8, 4) is 0 Å². The van der Waals surface area contributed by atoms with Crippen molar-refractivity contribution in [3.63, 3.8) is 0 Å². The Morgan fingerprint density at radius 3 is 1.84 bits per heavy atom. The lowest BCUT2D eigenvalue weighted by Gasteiger charge is -2.36. The van der Waals surface area contributed by atoms with Gasteiger partial charge in [0.25, 0.3) is 0 Å². The Bertz CT molecular complexity index is 369. The molecule has 0 heterocycles.